The maximum absolute atomic E-state index is 13.6. The van der Waals surface area contributed by atoms with Crippen molar-refractivity contribution in [2.45, 2.75) is 23.5 Å². The molecule has 0 spiro atoms. The highest BCUT2D eigenvalue weighted by molar-refractivity contribution is 8.00. The van der Waals surface area contributed by atoms with E-state index in [0.717, 1.165) is 5.56 Å². The van der Waals surface area contributed by atoms with E-state index in [1.807, 2.05) is 36.4 Å². The van der Waals surface area contributed by atoms with Crippen molar-refractivity contribution in [1.82, 2.24) is 10.3 Å². The number of benzene rings is 4. The van der Waals surface area contributed by atoms with Crippen LogP contribution in [0.4, 0.5) is 10.8 Å². The fourth-order valence-electron chi connectivity index (χ4n) is 4.53. The van der Waals surface area contributed by atoms with Crippen molar-refractivity contribution in [1.29, 1.82) is 0 Å². The molecule has 1 heterocycles. The maximum Gasteiger partial charge on any atom is 0.311 e. The summed E-state index contributed by atoms with van der Waals surface area (Å²) in [6.07, 6.45) is 1.58. The normalized spacial score (nSPS) is 11.7. The lowest BCUT2D eigenvalue weighted by molar-refractivity contribution is -0.142. The van der Waals surface area contributed by atoms with Gasteiger partial charge in [0, 0.05) is 26.5 Å². The molecule has 0 radical (unpaired) electrons. The highest BCUT2D eigenvalue weighted by Gasteiger charge is 2.24. The highest BCUT2D eigenvalue weighted by Crippen LogP contribution is 2.37. The standard InChI is InChI=1S/C37H31ClN4O5S2/c1-2-47-32(43)22-29-23-48-37(40-29)42-36(46)33(25-10-5-3-6-11-25)49-30-15-9-14-28(21-30)39-35(45)31(20-24-16-18-27(38)19-17-24)41-34(44)26-12-7-4-8-13-26/h3-21,23,33H,2,22H2,1H3,(H,39,45)(H,41,44)(H,40,42,46)/b31-20-. The molecule has 0 bridgehead atoms. The van der Waals surface area contributed by atoms with E-state index in [1.165, 1.54) is 23.1 Å². The Morgan fingerprint density at radius 1 is 0.898 bits per heavy atom. The molecule has 0 fully saturated rings. The number of carbonyl (C=O) groups excluding carboxylic acids is 4. The van der Waals surface area contributed by atoms with Crippen molar-refractivity contribution in [3.63, 3.8) is 0 Å². The molecule has 0 aliphatic rings. The van der Waals surface area contributed by atoms with Crippen LogP contribution in [0.2, 0.25) is 5.02 Å². The first-order valence-electron chi connectivity index (χ1n) is 15.1. The van der Waals surface area contributed by atoms with Gasteiger partial charge in [-0.05, 0) is 66.6 Å². The van der Waals surface area contributed by atoms with E-state index in [9.17, 15) is 19.2 Å². The second-order valence-corrected chi connectivity index (χ2v) is 12.9. The minimum Gasteiger partial charge on any atom is -0.466 e. The monoisotopic (exact) mass is 710 g/mol. The van der Waals surface area contributed by atoms with Crippen LogP contribution in [0.15, 0.2) is 125 Å². The number of nitrogens with zero attached hydrogens (tertiary/aromatic N) is 1. The van der Waals surface area contributed by atoms with Crippen molar-refractivity contribution in [2.75, 3.05) is 17.2 Å². The zero-order valence-electron chi connectivity index (χ0n) is 26.2. The van der Waals surface area contributed by atoms with Gasteiger partial charge in [0.25, 0.3) is 11.8 Å². The van der Waals surface area contributed by atoms with Crippen LogP contribution in [-0.2, 0) is 25.5 Å². The molecule has 1 aromatic heterocycles. The number of halogens is 1. The number of amides is 3. The van der Waals surface area contributed by atoms with Gasteiger partial charge in [-0.3, -0.25) is 19.2 Å². The second-order valence-electron chi connectivity index (χ2n) is 10.4. The van der Waals surface area contributed by atoms with Crippen molar-refractivity contribution >= 4 is 75.3 Å². The molecule has 0 saturated heterocycles. The summed E-state index contributed by atoms with van der Waals surface area (Å²) in [4.78, 5) is 57.2. The number of esters is 1. The van der Waals surface area contributed by atoms with Gasteiger partial charge < -0.3 is 20.7 Å². The predicted molar refractivity (Wildman–Crippen MR) is 195 cm³/mol. The molecule has 3 amide bonds. The molecule has 1 unspecified atom stereocenters. The highest BCUT2D eigenvalue weighted by atomic mass is 35.5. The average Bonchev–Trinajstić information content (AvgIpc) is 3.54. The number of anilines is 2. The third-order valence-corrected chi connectivity index (χ3v) is 9.12. The lowest BCUT2D eigenvalue weighted by atomic mass is 10.1. The molecule has 9 nitrogen and oxygen atoms in total. The number of hydrogen-bond acceptors (Lipinski definition) is 8. The molecule has 5 aromatic rings. The zero-order valence-corrected chi connectivity index (χ0v) is 28.6. The van der Waals surface area contributed by atoms with Crippen LogP contribution in [0.1, 0.15) is 39.4 Å². The summed E-state index contributed by atoms with van der Waals surface area (Å²) in [7, 11) is 0. The summed E-state index contributed by atoms with van der Waals surface area (Å²) >= 11 is 8.57. The summed E-state index contributed by atoms with van der Waals surface area (Å²) in [5.41, 5.74) is 2.82. The van der Waals surface area contributed by atoms with Gasteiger partial charge in [-0.2, -0.15) is 0 Å². The van der Waals surface area contributed by atoms with Gasteiger partial charge in [-0.1, -0.05) is 78.3 Å². The topological polar surface area (TPSA) is 126 Å². The number of rotatable bonds is 13. The molecule has 1 atom stereocenters. The van der Waals surface area contributed by atoms with E-state index >= 15 is 0 Å². The molecular formula is C37H31ClN4O5S2. The van der Waals surface area contributed by atoms with Gasteiger partial charge in [0.15, 0.2) is 5.13 Å². The third-order valence-electron chi connectivity index (χ3n) is 6.81. The average molecular weight is 711 g/mol. The smallest absolute Gasteiger partial charge is 0.311 e. The Bertz CT molecular complexity index is 1950. The Morgan fingerprint density at radius 3 is 2.33 bits per heavy atom. The molecule has 12 heteroatoms. The largest absolute Gasteiger partial charge is 0.466 e. The van der Waals surface area contributed by atoms with Crippen LogP contribution in [0.5, 0.6) is 0 Å². The summed E-state index contributed by atoms with van der Waals surface area (Å²) in [6, 6.07) is 31.8. The minimum absolute atomic E-state index is 0.0160. The first kappa shape index (κ1) is 35.1. The number of aromatic nitrogens is 1. The van der Waals surface area contributed by atoms with Gasteiger partial charge >= 0.3 is 5.97 Å². The Hall–Kier alpha value is -5.23. The molecule has 0 saturated carbocycles. The van der Waals surface area contributed by atoms with Crippen LogP contribution in [0.3, 0.4) is 0 Å². The predicted octanol–water partition coefficient (Wildman–Crippen LogP) is 7.78. The van der Waals surface area contributed by atoms with E-state index in [-0.39, 0.29) is 30.6 Å². The number of ether oxygens (including phenoxy) is 1. The summed E-state index contributed by atoms with van der Waals surface area (Å²) in [6.45, 7) is 2.01. The Kier molecular flexibility index (Phi) is 12.4. The van der Waals surface area contributed by atoms with Gasteiger partial charge in [0.1, 0.15) is 10.9 Å². The number of thioether (sulfide) groups is 1. The number of thiazole rings is 1. The van der Waals surface area contributed by atoms with E-state index in [4.69, 9.17) is 16.3 Å². The van der Waals surface area contributed by atoms with Gasteiger partial charge in [0.2, 0.25) is 5.91 Å². The first-order valence-corrected chi connectivity index (χ1v) is 17.3. The van der Waals surface area contributed by atoms with Crippen LogP contribution in [0.25, 0.3) is 6.08 Å². The Balaban J connectivity index is 1.34. The Morgan fingerprint density at radius 2 is 1.61 bits per heavy atom. The minimum atomic E-state index is -0.671. The number of nitrogens with one attached hydrogen (secondary N) is 3. The van der Waals surface area contributed by atoms with Crippen molar-refractivity contribution in [3.8, 4) is 0 Å². The lowest BCUT2D eigenvalue weighted by Crippen LogP contribution is -2.30. The molecule has 3 N–H and O–H groups in total. The molecule has 4 aromatic carbocycles. The SMILES string of the molecule is CCOC(=O)Cc1csc(NC(=O)C(Sc2cccc(NC(=O)/C(=C/c3ccc(Cl)cc3)NC(=O)c3ccccc3)c2)c2ccccc2)n1. The zero-order chi connectivity index (χ0) is 34.6. The molecule has 0 aliphatic carbocycles. The first-order chi connectivity index (χ1) is 23.8. The van der Waals surface area contributed by atoms with Crippen LogP contribution >= 0.6 is 34.7 Å². The summed E-state index contributed by atoms with van der Waals surface area (Å²) in [5, 5.41) is 10.4. The van der Waals surface area contributed by atoms with Gasteiger partial charge in [-0.25, -0.2) is 4.98 Å². The molecule has 5 rings (SSSR count). The van der Waals surface area contributed by atoms with Gasteiger partial charge in [0.05, 0.1) is 18.7 Å². The molecule has 49 heavy (non-hydrogen) atoms. The quantitative estimate of drug-likeness (QED) is 0.0647. The van der Waals surface area contributed by atoms with Crippen LogP contribution in [-0.4, -0.2) is 35.3 Å². The summed E-state index contributed by atoms with van der Waals surface area (Å²) in [5.74, 6) is -1.67. The van der Waals surface area contributed by atoms with E-state index < -0.39 is 17.1 Å². The van der Waals surface area contributed by atoms with Gasteiger partial charge in [-0.15, -0.1) is 23.1 Å². The third kappa shape index (κ3) is 10.4. The van der Waals surface area contributed by atoms with Crippen molar-refractivity contribution in [2.24, 2.45) is 0 Å². The number of hydrogen-bond donors (Lipinski definition) is 3. The van der Waals surface area contributed by atoms with Crippen LogP contribution in [0, 0.1) is 0 Å². The fraction of sp³-hybridized carbons (Fsp3) is 0.108. The molecule has 0 aliphatic heterocycles. The molecule has 248 valence electrons. The van der Waals surface area contributed by atoms with Crippen molar-refractivity contribution in [3.05, 3.63) is 148 Å². The van der Waals surface area contributed by atoms with E-state index in [1.54, 1.807) is 91.2 Å². The van der Waals surface area contributed by atoms with E-state index in [0.29, 0.717) is 37.6 Å². The summed E-state index contributed by atoms with van der Waals surface area (Å²) < 4.78 is 4.99. The van der Waals surface area contributed by atoms with E-state index in [2.05, 4.69) is 20.9 Å². The number of carbonyl (C=O) groups is 4. The van der Waals surface area contributed by atoms with Crippen molar-refractivity contribution < 1.29 is 23.9 Å². The lowest BCUT2D eigenvalue weighted by Gasteiger charge is -2.17. The maximum atomic E-state index is 13.6. The molecular weight excluding hydrogens is 680 g/mol. The second kappa shape index (κ2) is 17.3. The Labute approximate surface area is 296 Å². The van der Waals surface area contributed by atoms with Crippen LogP contribution < -0.4 is 16.0 Å². The fourth-order valence-corrected chi connectivity index (χ4v) is 6.45.